The largest absolute Gasteiger partial charge is 0.367 e. The van der Waals surface area contributed by atoms with Gasteiger partial charge in [-0.15, -0.1) is 0 Å². The molecule has 62 valence electrons. The first-order chi connectivity index (χ1) is 5.24. The van der Waals surface area contributed by atoms with Gasteiger partial charge in [0.05, 0.1) is 0 Å². The van der Waals surface area contributed by atoms with Crippen LogP contribution in [-0.4, -0.2) is 18.4 Å². The Morgan fingerprint density at radius 1 is 1.82 bits per heavy atom. The summed E-state index contributed by atoms with van der Waals surface area (Å²) in [6, 6.07) is 0.610. The van der Waals surface area contributed by atoms with Crippen LogP contribution < -0.4 is 5.32 Å². The first-order valence-corrected chi connectivity index (χ1v) is 4.21. The Balaban J connectivity index is 2.55. The smallest absolute Gasteiger partial charge is 0.123 e. The van der Waals surface area contributed by atoms with Gasteiger partial charge in [-0.1, -0.05) is 13.5 Å². The third-order valence-electron chi connectivity index (χ3n) is 1.99. The molecule has 1 atom stereocenters. The van der Waals surface area contributed by atoms with Gasteiger partial charge in [0.1, 0.15) is 5.84 Å². The maximum Gasteiger partial charge on any atom is 0.123 e. The molecule has 2 heteroatoms. The van der Waals surface area contributed by atoms with Gasteiger partial charge in [0.25, 0.3) is 0 Å². The highest BCUT2D eigenvalue weighted by molar-refractivity contribution is 5.97. The first-order valence-electron chi connectivity index (χ1n) is 4.21. The van der Waals surface area contributed by atoms with Crippen LogP contribution in [0.4, 0.5) is 0 Å². The van der Waals surface area contributed by atoms with E-state index in [1.165, 1.54) is 6.42 Å². The van der Waals surface area contributed by atoms with E-state index in [2.05, 4.69) is 23.8 Å². The van der Waals surface area contributed by atoms with Gasteiger partial charge in [-0.25, -0.2) is 0 Å². The lowest BCUT2D eigenvalue weighted by atomic mass is 10.1. The fourth-order valence-electron chi connectivity index (χ4n) is 1.21. The standard InChI is InChI=1S/C9H16N2/c1-4-8-5-6-10-9(11-8)7(2)3/h8H,2,4-6H2,1,3H3,(H,10,11). The van der Waals surface area contributed by atoms with Crippen molar-refractivity contribution in [1.29, 1.82) is 0 Å². The molecule has 0 bridgehead atoms. The van der Waals surface area contributed by atoms with Crippen LogP contribution in [0.5, 0.6) is 0 Å². The molecule has 1 aliphatic heterocycles. The molecular formula is C9H16N2. The Kier molecular flexibility index (Phi) is 2.69. The maximum absolute atomic E-state index is 4.33. The Labute approximate surface area is 68.4 Å². The molecule has 0 saturated carbocycles. The highest BCUT2D eigenvalue weighted by Crippen LogP contribution is 2.06. The number of nitrogens with one attached hydrogen (secondary N) is 1. The van der Waals surface area contributed by atoms with Gasteiger partial charge in [-0.05, 0) is 25.3 Å². The van der Waals surface area contributed by atoms with E-state index in [0.717, 1.165) is 24.4 Å². The van der Waals surface area contributed by atoms with E-state index in [-0.39, 0.29) is 0 Å². The minimum Gasteiger partial charge on any atom is -0.367 e. The van der Waals surface area contributed by atoms with Crippen molar-refractivity contribution in [1.82, 2.24) is 5.32 Å². The summed E-state index contributed by atoms with van der Waals surface area (Å²) in [5.41, 5.74) is 1.04. The first kappa shape index (κ1) is 8.31. The summed E-state index contributed by atoms with van der Waals surface area (Å²) in [5, 5.41) is 3.35. The van der Waals surface area contributed by atoms with E-state index in [0.29, 0.717) is 6.04 Å². The van der Waals surface area contributed by atoms with Crippen molar-refractivity contribution in [2.45, 2.75) is 32.7 Å². The third-order valence-corrected chi connectivity index (χ3v) is 1.99. The van der Waals surface area contributed by atoms with Crippen molar-refractivity contribution in [2.24, 2.45) is 4.99 Å². The lowest BCUT2D eigenvalue weighted by molar-refractivity contribution is 0.529. The Morgan fingerprint density at radius 3 is 3.09 bits per heavy atom. The number of nitrogens with zero attached hydrogens (tertiary/aromatic N) is 1. The topological polar surface area (TPSA) is 24.4 Å². The minimum atomic E-state index is 0.610. The van der Waals surface area contributed by atoms with Crippen molar-refractivity contribution in [2.75, 3.05) is 6.54 Å². The number of amidine groups is 1. The van der Waals surface area contributed by atoms with Crippen molar-refractivity contribution in [3.63, 3.8) is 0 Å². The lowest BCUT2D eigenvalue weighted by Gasteiger charge is -2.23. The summed E-state index contributed by atoms with van der Waals surface area (Å²) < 4.78 is 0. The molecule has 1 unspecified atom stereocenters. The predicted molar refractivity (Wildman–Crippen MR) is 48.9 cm³/mol. The predicted octanol–water partition coefficient (Wildman–Crippen LogP) is 1.73. The zero-order chi connectivity index (χ0) is 8.27. The Hall–Kier alpha value is -0.790. The average Bonchev–Trinajstić information content (AvgIpc) is 2.05. The monoisotopic (exact) mass is 152 g/mol. The average molecular weight is 152 g/mol. The van der Waals surface area contributed by atoms with Gasteiger partial charge < -0.3 is 5.32 Å². The molecule has 0 aromatic rings. The van der Waals surface area contributed by atoms with Crippen LogP contribution >= 0.6 is 0 Å². The van der Waals surface area contributed by atoms with E-state index >= 15 is 0 Å². The second-order valence-electron chi connectivity index (χ2n) is 3.05. The second-order valence-corrected chi connectivity index (χ2v) is 3.05. The molecule has 0 fully saturated rings. The second kappa shape index (κ2) is 3.56. The molecule has 0 amide bonds. The Morgan fingerprint density at radius 2 is 2.55 bits per heavy atom. The fraction of sp³-hybridized carbons (Fsp3) is 0.667. The minimum absolute atomic E-state index is 0.610. The molecular weight excluding hydrogens is 136 g/mol. The molecule has 0 aromatic heterocycles. The van der Waals surface area contributed by atoms with Crippen LogP contribution in [0.15, 0.2) is 17.1 Å². The summed E-state index contributed by atoms with van der Waals surface area (Å²) in [6.07, 6.45) is 2.33. The summed E-state index contributed by atoms with van der Waals surface area (Å²) >= 11 is 0. The number of hydrogen-bond donors (Lipinski definition) is 1. The molecule has 0 spiro atoms. The van der Waals surface area contributed by atoms with Crippen LogP contribution in [-0.2, 0) is 0 Å². The molecule has 1 N–H and O–H groups in total. The summed E-state index contributed by atoms with van der Waals surface area (Å²) in [4.78, 5) is 4.33. The van der Waals surface area contributed by atoms with Crippen molar-refractivity contribution in [3.8, 4) is 0 Å². The normalized spacial score (nSPS) is 23.8. The summed E-state index contributed by atoms with van der Waals surface area (Å²) in [5.74, 6) is 1.00. The van der Waals surface area contributed by atoms with Gasteiger partial charge in [-0.2, -0.15) is 0 Å². The third kappa shape index (κ3) is 2.07. The number of hydrogen-bond acceptors (Lipinski definition) is 2. The molecule has 0 saturated heterocycles. The van der Waals surface area contributed by atoms with Gasteiger partial charge in [0.2, 0.25) is 0 Å². The molecule has 0 radical (unpaired) electrons. The lowest BCUT2D eigenvalue weighted by Crippen LogP contribution is -2.38. The molecule has 1 aliphatic rings. The highest BCUT2D eigenvalue weighted by atomic mass is 15.0. The summed E-state index contributed by atoms with van der Waals surface area (Å²) in [6.45, 7) is 8.99. The maximum atomic E-state index is 4.33. The zero-order valence-electron chi connectivity index (χ0n) is 7.35. The molecule has 11 heavy (non-hydrogen) atoms. The van der Waals surface area contributed by atoms with Crippen LogP contribution in [0.3, 0.4) is 0 Å². The number of rotatable bonds is 2. The van der Waals surface area contributed by atoms with Crippen molar-refractivity contribution in [3.05, 3.63) is 12.2 Å². The highest BCUT2D eigenvalue weighted by Gasteiger charge is 2.12. The van der Waals surface area contributed by atoms with Crippen molar-refractivity contribution >= 4 is 5.84 Å². The Bertz CT molecular complexity index is 182. The molecule has 1 rings (SSSR count). The van der Waals surface area contributed by atoms with Gasteiger partial charge in [0.15, 0.2) is 0 Å². The van der Waals surface area contributed by atoms with Crippen LogP contribution in [0, 0.1) is 0 Å². The molecule has 2 nitrogen and oxygen atoms in total. The number of aliphatic imine (C=N–C) groups is 1. The van der Waals surface area contributed by atoms with Gasteiger partial charge in [0, 0.05) is 12.6 Å². The van der Waals surface area contributed by atoms with E-state index in [1.807, 2.05) is 6.92 Å². The van der Waals surface area contributed by atoms with Crippen LogP contribution in [0.2, 0.25) is 0 Å². The van der Waals surface area contributed by atoms with E-state index in [4.69, 9.17) is 0 Å². The molecule has 1 heterocycles. The van der Waals surface area contributed by atoms with Gasteiger partial charge >= 0.3 is 0 Å². The van der Waals surface area contributed by atoms with Crippen LogP contribution in [0.1, 0.15) is 26.7 Å². The van der Waals surface area contributed by atoms with Gasteiger partial charge in [-0.3, -0.25) is 4.99 Å². The zero-order valence-corrected chi connectivity index (χ0v) is 7.35. The van der Waals surface area contributed by atoms with Crippen LogP contribution in [0.25, 0.3) is 0 Å². The molecule has 0 aromatic carbocycles. The summed E-state index contributed by atoms with van der Waals surface area (Å²) in [7, 11) is 0. The van der Waals surface area contributed by atoms with Crippen molar-refractivity contribution < 1.29 is 0 Å². The van der Waals surface area contributed by atoms with E-state index in [1.54, 1.807) is 0 Å². The quantitative estimate of drug-likeness (QED) is 0.640. The molecule has 0 aliphatic carbocycles. The van der Waals surface area contributed by atoms with E-state index < -0.39 is 0 Å². The van der Waals surface area contributed by atoms with E-state index in [9.17, 15) is 0 Å². The SMILES string of the molecule is C=C(C)C1=NCCC(CC)N1. The fourth-order valence-corrected chi connectivity index (χ4v) is 1.21.